The van der Waals surface area contributed by atoms with E-state index in [0.717, 1.165) is 13.2 Å². The van der Waals surface area contributed by atoms with Crippen molar-refractivity contribution in [1.82, 2.24) is 0 Å². The van der Waals surface area contributed by atoms with Gasteiger partial charge in [-0.2, -0.15) is 26.3 Å². The van der Waals surface area contributed by atoms with Crippen molar-refractivity contribution in [2.24, 2.45) is 0 Å². The molecule has 3 aromatic carbocycles. The van der Waals surface area contributed by atoms with E-state index in [4.69, 9.17) is 27.9 Å². The molecular weight excluding hydrogens is 556 g/mol. The maximum absolute atomic E-state index is 13.5. The predicted octanol–water partition coefficient (Wildman–Crippen LogP) is 7.56. The Hall–Kier alpha value is -2.94. The van der Waals surface area contributed by atoms with E-state index < -0.39 is 69.3 Å². The minimum absolute atomic E-state index is 0.166. The van der Waals surface area contributed by atoms with Gasteiger partial charge in [0.15, 0.2) is 11.5 Å². The summed E-state index contributed by atoms with van der Waals surface area (Å²) >= 11 is 12.4. The molecule has 0 fully saturated rings. The van der Waals surface area contributed by atoms with Crippen LogP contribution in [0.2, 0.25) is 10.0 Å². The molecule has 36 heavy (non-hydrogen) atoms. The lowest BCUT2D eigenvalue weighted by Crippen LogP contribution is -2.21. The first-order chi connectivity index (χ1) is 16.7. The molecule has 4 nitrogen and oxygen atoms in total. The quantitative estimate of drug-likeness (QED) is 0.175. The summed E-state index contributed by atoms with van der Waals surface area (Å²) in [6.07, 6.45) is -10.8. The van der Waals surface area contributed by atoms with Gasteiger partial charge in [0.1, 0.15) is 0 Å². The van der Waals surface area contributed by atoms with Gasteiger partial charge in [-0.15, -0.1) is 0 Å². The number of hydrogen-bond acceptors (Lipinski definition) is 4. The average Bonchev–Trinajstić information content (AvgIpc) is 2.82. The van der Waals surface area contributed by atoms with Crippen LogP contribution in [0.4, 0.5) is 26.3 Å². The summed E-state index contributed by atoms with van der Waals surface area (Å²) in [5, 5.41) is -1.82. The van der Waals surface area contributed by atoms with E-state index in [2.05, 4.69) is 0 Å². The minimum atomic E-state index is -5.38. The Morgan fingerprint density at radius 3 is 1.86 bits per heavy atom. The lowest BCUT2D eigenvalue weighted by molar-refractivity contribution is -0.143. The fourth-order valence-electron chi connectivity index (χ4n) is 3.34. The molecule has 0 radical (unpaired) electrons. The summed E-state index contributed by atoms with van der Waals surface area (Å²) in [4.78, 5) is 25.8. The number of ketones is 1. The molecule has 188 valence electrons. The van der Waals surface area contributed by atoms with Crippen molar-refractivity contribution < 1.29 is 45.2 Å². The summed E-state index contributed by atoms with van der Waals surface area (Å²) in [5.41, 5.74) is -7.78. The first kappa shape index (κ1) is 27.6. The average molecular weight is 568 g/mol. The van der Waals surface area contributed by atoms with Crippen LogP contribution in [0.5, 0.6) is 5.75 Å². The van der Waals surface area contributed by atoms with Crippen LogP contribution >= 0.6 is 31.0 Å². The molecule has 3 rings (SSSR count). The zero-order valence-electron chi connectivity index (χ0n) is 17.8. The number of carbonyl (C=O) groups is 2. The number of halogens is 8. The van der Waals surface area contributed by atoms with Gasteiger partial charge in [0.05, 0.1) is 33.8 Å². The van der Waals surface area contributed by atoms with Gasteiger partial charge >= 0.3 is 25.7 Å². The van der Waals surface area contributed by atoms with E-state index >= 15 is 0 Å². The molecule has 0 aliphatic carbocycles. The summed E-state index contributed by atoms with van der Waals surface area (Å²) in [5.74, 6) is -1.26. The number of methoxy groups -OCH3 is 1. The lowest BCUT2D eigenvalue weighted by atomic mass is 10.0. The van der Waals surface area contributed by atoms with Crippen molar-refractivity contribution in [1.29, 1.82) is 0 Å². The Labute approximate surface area is 210 Å². The molecule has 0 heterocycles. The lowest BCUT2D eigenvalue weighted by Gasteiger charge is -2.15. The molecule has 0 aromatic heterocycles. The van der Waals surface area contributed by atoms with Gasteiger partial charge in [-0.05, 0) is 18.2 Å². The largest absolute Gasteiger partial charge is 0.491 e. The topological polar surface area (TPSA) is 60.4 Å². The summed E-state index contributed by atoms with van der Waals surface area (Å²) < 4.78 is 99.3. The van der Waals surface area contributed by atoms with Gasteiger partial charge in [0, 0.05) is 11.1 Å². The number of hydrogen-bond donors (Lipinski definition) is 0. The van der Waals surface area contributed by atoms with Crippen LogP contribution in [0.3, 0.4) is 0 Å². The number of ether oxygens (including phenoxy) is 1. The van der Waals surface area contributed by atoms with E-state index in [9.17, 15) is 40.5 Å². The molecule has 13 heteroatoms. The molecule has 0 N–H and O–H groups in total. The zero-order valence-corrected chi connectivity index (χ0v) is 20.2. The molecule has 3 aromatic rings. The number of alkyl halides is 6. The van der Waals surface area contributed by atoms with Crippen molar-refractivity contribution >= 4 is 47.6 Å². The van der Waals surface area contributed by atoms with E-state index in [1.54, 1.807) is 18.2 Å². The van der Waals surface area contributed by atoms with Crippen molar-refractivity contribution in [3.63, 3.8) is 0 Å². The smallest absolute Gasteiger partial charge is 0.464 e. The second-order valence-electron chi connectivity index (χ2n) is 7.12. The van der Waals surface area contributed by atoms with E-state index in [1.165, 1.54) is 12.1 Å². The van der Waals surface area contributed by atoms with Crippen LogP contribution in [0.15, 0.2) is 54.6 Å². The van der Waals surface area contributed by atoms with Crippen molar-refractivity contribution in [2.45, 2.75) is 12.4 Å². The van der Waals surface area contributed by atoms with E-state index in [1.807, 2.05) is 0 Å². The van der Waals surface area contributed by atoms with Crippen LogP contribution in [-0.4, -0.2) is 18.4 Å². The van der Waals surface area contributed by atoms with Crippen molar-refractivity contribution in [3.05, 3.63) is 92.5 Å². The van der Waals surface area contributed by atoms with Crippen LogP contribution < -0.4 is 10.0 Å². The Morgan fingerprint density at radius 1 is 0.861 bits per heavy atom. The Kier molecular flexibility index (Phi) is 7.83. The van der Waals surface area contributed by atoms with Gasteiger partial charge in [-0.3, -0.25) is 4.79 Å². The van der Waals surface area contributed by atoms with Crippen LogP contribution in [0.25, 0.3) is 0 Å². The van der Waals surface area contributed by atoms with E-state index in [0.29, 0.717) is 6.07 Å². The molecule has 1 atom stereocenters. The Bertz CT molecular complexity index is 1340. The highest BCUT2D eigenvalue weighted by molar-refractivity contribution is 7.72. The van der Waals surface area contributed by atoms with Gasteiger partial charge in [0.2, 0.25) is 0 Å². The maximum Gasteiger partial charge on any atom is 0.464 e. The third-order valence-electron chi connectivity index (χ3n) is 4.91. The van der Waals surface area contributed by atoms with Crippen molar-refractivity contribution in [3.8, 4) is 5.75 Å². The van der Waals surface area contributed by atoms with Crippen LogP contribution in [0.1, 0.15) is 37.4 Å². The highest BCUT2D eigenvalue weighted by atomic mass is 35.5. The zero-order chi connectivity index (χ0) is 27.0. The van der Waals surface area contributed by atoms with Gasteiger partial charge in [-0.1, -0.05) is 64.2 Å². The minimum Gasteiger partial charge on any atom is -0.491 e. The van der Waals surface area contributed by atoms with E-state index in [-0.39, 0.29) is 23.3 Å². The first-order valence-electron chi connectivity index (χ1n) is 9.64. The van der Waals surface area contributed by atoms with Crippen LogP contribution in [-0.2, 0) is 16.9 Å². The fourth-order valence-corrected chi connectivity index (χ4v) is 5.43. The molecule has 0 saturated carbocycles. The molecule has 0 bridgehead atoms. The van der Waals surface area contributed by atoms with Gasteiger partial charge in [-0.25, -0.2) is 4.79 Å². The van der Waals surface area contributed by atoms with Gasteiger partial charge in [0.25, 0.3) is 5.30 Å². The molecule has 1 unspecified atom stereocenters. The predicted molar refractivity (Wildman–Crippen MR) is 121 cm³/mol. The monoisotopic (exact) mass is 567 g/mol. The second-order valence-corrected chi connectivity index (χ2v) is 9.35. The standard InChI is InChI=1S/C23H12Cl2F6O4P/c1-35-19-17(25)12(18(32)11-6-3-2-4-7-11)10-15(24)20(19)36(34)21(33)16-13(22(26,27)28)8-5-9-14(16)23(29,30)31/h2-10H,1H3/q+1. The molecule has 0 amide bonds. The SMILES string of the molecule is COc1c(Cl)c(C(=O)c2ccccc2)cc(Cl)c1[P+](=O)C(=O)c1c(C(F)(F)F)cccc1C(F)(F)F. The normalized spacial score (nSPS) is 12.3. The molecule has 0 aliphatic heterocycles. The third kappa shape index (κ3) is 5.26. The Morgan fingerprint density at radius 2 is 1.39 bits per heavy atom. The van der Waals surface area contributed by atoms with Crippen LogP contribution in [0, 0.1) is 0 Å². The summed E-state index contributed by atoms with van der Waals surface area (Å²) in [7, 11) is -2.75. The number of rotatable bonds is 6. The second kappa shape index (κ2) is 10.2. The number of carbonyl (C=O) groups excluding carboxylic acids is 2. The maximum atomic E-state index is 13.5. The molecular formula is C23H12Cl2F6O4P+. The molecule has 0 spiro atoms. The highest BCUT2D eigenvalue weighted by Crippen LogP contribution is 2.46. The number of benzene rings is 3. The summed E-state index contributed by atoms with van der Waals surface area (Å²) in [6, 6.07) is 9.56. The highest BCUT2D eigenvalue weighted by Gasteiger charge is 2.50. The summed E-state index contributed by atoms with van der Waals surface area (Å²) in [6.45, 7) is 0. The third-order valence-corrected chi connectivity index (χ3v) is 7.16. The Balaban J connectivity index is 2.22. The van der Waals surface area contributed by atoms with Gasteiger partial charge < -0.3 is 4.74 Å². The molecule has 0 saturated heterocycles. The van der Waals surface area contributed by atoms with Crippen molar-refractivity contribution in [2.75, 3.05) is 7.11 Å². The first-order valence-corrected chi connectivity index (χ1v) is 11.7. The fraction of sp³-hybridized carbons (Fsp3) is 0.130. The molecule has 0 aliphatic rings.